The Labute approximate surface area is 167 Å². The molecule has 0 amide bonds. The van der Waals surface area contributed by atoms with Crippen LogP contribution in [0, 0.1) is 5.82 Å². The maximum absolute atomic E-state index is 13.7. The van der Waals surface area contributed by atoms with Crippen LogP contribution in [0.1, 0.15) is 11.1 Å². The molecular formula is C23H19FO3S. The van der Waals surface area contributed by atoms with Crippen LogP contribution in [0.5, 0.6) is 5.75 Å². The molecule has 3 aromatic rings. The van der Waals surface area contributed by atoms with E-state index in [1.165, 1.54) is 12.1 Å². The van der Waals surface area contributed by atoms with Crippen molar-refractivity contribution in [1.29, 1.82) is 0 Å². The van der Waals surface area contributed by atoms with Crippen LogP contribution in [-0.2, 0) is 4.79 Å². The number of aliphatic carboxylic acids is 1. The summed E-state index contributed by atoms with van der Waals surface area (Å²) in [4.78, 5) is 11.6. The Morgan fingerprint density at radius 1 is 0.964 bits per heavy atom. The van der Waals surface area contributed by atoms with E-state index in [4.69, 9.17) is 9.84 Å². The number of halogens is 1. The van der Waals surface area contributed by atoms with Crippen LogP contribution in [-0.4, -0.2) is 23.4 Å². The van der Waals surface area contributed by atoms with Gasteiger partial charge < -0.3 is 9.84 Å². The Kier molecular flexibility index (Phi) is 6.87. The Balaban J connectivity index is 1.72. The Hall–Kier alpha value is -3.05. The fraction of sp³-hybridized carbons (Fsp3) is 0.0870. The van der Waals surface area contributed by atoms with E-state index in [0.29, 0.717) is 11.5 Å². The van der Waals surface area contributed by atoms with E-state index >= 15 is 0 Å². The molecule has 1 N–H and O–H groups in total. The van der Waals surface area contributed by atoms with E-state index in [9.17, 15) is 9.18 Å². The average Bonchev–Trinajstić information content (AvgIpc) is 2.71. The third kappa shape index (κ3) is 5.72. The molecule has 0 saturated carbocycles. The number of hydrogen-bond acceptors (Lipinski definition) is 3. The summed E-state index contributed by atoms with van der Waals surface area (Å²) in [5, 5.41) is 8.64. The van der Waals surface area contributed by atoms with Crippen molar-refractivity contribution in [2.75, 3.05) is 12.4 Å². The number of carbonyl (C=O) groups is 1. The predicted octanol–water partition coefficient (Wildman–Crippen LogP) is 5.51. The summed E-state index contributed by atoms with van der Waals surface area (Å²) in [5.74, 6) is -0.0406. The minimum absolute atomic E-state index is 0.260. The lowest BCUT2D eigenvalue weighted by Crippen LogP contribution is -2.09. The van der Waals surface area contributed by atoms with Crippen LogP contribution in [0.2, 0.25) is 0 Å². The Bertz CT molecular complexity index is 953. The van der Waals surface area contributed by atoms with Crippen molar-refractivity contribution >= 4 is 23.3 Å². The SMILES string of the molecule is O=C(O)COc1ccc(SCC=C(c2ccccc2)c2cccc(F)c2)cc1. The number of rotatable bonds is 8. The van der Waals surface area contributed by atoms with Gasteiger partial charge in [0.2, 0.25) is 0 Å². The normalized spacial score (nSPS) is 11.2. The topological polar surface area (TPSA) is 46.5 Å². The van der Waals surface area contributed by atoms with Gasteiger partial charge in [0.05, 0.1) is 0 Å². The second kappa shape index (κ2) is 9.76. The summed E-state index contributed by atoms with van der Waals surface area (Å²) in [6, 6.07) is 23.8. The highest BCUT2D eigenvalue weighted by Gasteiger charge is 2.06. The van der Waals surface area contributed by atoms with Crippen molar-refractivity contribution in [1.82, 2.24) is 0 Å². The molecule has 0 aliphatic carbocycles. The molecule has 0 aromatic heterocycles. The van der Waals surface area contributed by atoms with Gasteiger partial charge in [0.1, 0.15) is 11.6 Å². The molecule has 5 heteroatoms. The first-order valence-electron chi connectivity index (χ1n) is 8.71. The summed E-state index contributed by atoms with van der Waals surface area (Å²) < 4.78 is 18.8. The van der Waals surface area contributed by atoms with Crippen LogP contribution >= 0.6 is 11.8 Å². The van der Waals surface area contributed by atoms with Gasteiger partial charge in [0.15, 0.2) is 6.61 Å². The van der Waals surface area contributed by atoms with Gasteiger partial charge in [-0.1, -0.05) is 48.5 Å². The molecule has 0 heterocycles. The van der Waals surface area contributed by atoms with Crippen molar-refractivity contribution in [2.45, 2.75) is 4.90 Å². The number of thioether (sulfide) groups is 1. The molecule has 0 radical (unpaired) electrons. The minimum atomic E-state index is -1.01. The Morgan fingerprint density at radius 2 is 1.68 bits per heavy atom. The third-order valence-electron chi connectivity index (χ3n) is 3.94. The van der Waals surface area contributed by atoms with E-state index in [2.05, 4.69) is 6.08 Å². The van der Waals surface area contributed by atoms with Gasteiger partial charge in [-0.3, -0.25) is 0 Å². The number of carboxylic acid groups (broad SMARTS) is 1. The molecule has 3 aromatic carbocycles. The van der Waals surface area contributed by atoms with Gasteiger partial charge in [-0.05, 0) is 53.1 Å². The molecular weight excluding hydrogens is 375 g/mol. The minimum Gasteiger partial charge on any atom is -0.482 e. The fourth-order valence-corrected chi connectivity index (χ4v) is 3.45. The van der Waals surface area contributed by atoms with Gasteiger partial charge in [-0.15, -0.1) is 11.8 Å². The molecule has 0 saturated heterocycles. The molecule has 0 fully saturated rings. The van der Waals surface area contributed by atoms with E-state index in [1.54, 1.807) is 30.0 Å². The van der Waals surface area contributed by atoms with E-state index in [1.807, 2.05) is 48.5 Å². The van der Waals surface area contributed by atoms with Gasteiger partial charge in [0.25, 0.3) is 0 Å². The lowest BCUT2D eigenvalue weighted by Gasteiger charge is -2.09. The van der Waals surface area contributed by atoms with Crippen LogP contribution in [0.25, 0.3) is 5.57 Å². The molecule has 0 spiro atoms. The zero-order valence-corrected chi connectivity index (χ0v) is 15.9. The Morgan fingerprint density at radius 3 is 2.36 bits per heavy atom. The summed E-state index contributed by atoms with van der Waals surface area (Å²) in [6.07, 6.45) is 2.09. The highest BCUT2D eigenvalue weighted by atomic mass is 32.2. The van der Waals surface area contributed by atoms with Crippen molar-refractivity contribution in [3.8, 4) is 5.75 Å². The van der Waals surface area contributed by atoms with Gasteiger partial charge in [0, 0.05) is 10.6 Å². The number of benzene rings is 3. The van der Waals surface area contributed by atoms with Crippen LogP contribution in [0.4, 0.5) is 4.39 Å². The summed E-state index contributed by atoms with van der Waals surface area (Å²) in [7, 11) is 0. The molecule has 0 aliphatic heterocycles. The number of ether oxygens (including phenoxy) is 1. The lowest BCUT2D eigenvalue weighted by molar-refractivity contribution is -0.139. The zero-order valence-electron chi connectivity index (χ0n) is 15.0. The highest BCUT2D eigenvalue weighted by Crippen LogP contribution is 2.27. The molecule has 3 rings (SSSR count). The second-order valence-electron chi connectivity index (χ2n) is 5.96. The molecule has 0 unspecified atom stereocenters. The maximum atomic E-state index is 13.7. The average molecular weight is 394 g/mol. The smallest absolute Gasteiger partial charge is 0.341 e. The monoisotopic (exact) mass is 394 g/mol. The van der Waals surface area contributed by atoms with Crippen LogP contribution in [0.3, 0.4) is 0 Å². The molecule has 3 nitrogen and oxygen atoms in total. The fourth-order valence-electron chi connectivity index (χ4n) is 2.67. The first-order valence-corrected chi connectivity index (χ1v) is 9.69. The second-order valence-corrected chi connectivity index (χ2v) is 7.05. The number of hydrogen-bond donors (Lipinski definition) is 1. The van der Waals surface area contributed by atoms with Gasteiger partial charge in [-0.25, -0.2) is 9.18 Å². The molecule has 28 heavy (non-hydrogen) atoms. The maximum Gasteiger partial charge on any atom is 0.341 e. The van der Waals surface area contributed by atoms with E-state index < -0.39 is 5.97 Å². The largest absolute Gasteiger partial charge is 0.482 e. The third-order valence-corrected chi connectivity index (χ3v) is 4.88. The first-order chi connectivity index (χ1) is 13.6. The summed E-state index contributed by atoms with van der Waals surface area (Å²) in [5.41, 5.74) is 2.85. The van der Waals surface area contributed by atoms with E-state index in [0.717, 1.165) is 21.6 Å². The molecule has 0 atom stereocenters. The molecule has 0 bridgehead atoms. The van der Waals surface area contributed by atoms with Gasteiger partial charge in [-0.2, -0.15) is 0 Å². The van der Waals surface area contributed by atoms with E-state index in [-0.39, 0.29) is 12.4 Å². The first kappa shape index (κ1) is 19.7. The summed E-state index contributed by atoms with van der Waals surface area (Å²) in [6.45, 7) is -0.358. The van der Waals surface area contributed by atoms with Crippen LogP contribution in [0.15, 0.2) is 89.8 Å². The number of carboxylic acids is 1. The standard InChI is InChI=1S/C23H19FO3S/c24-19-8-4-7-18(15-19)22(17-5-2-1-3-6-17)13-14-28-21-11-9-20(10-12-21)27-16-23(25)26/h1-13,15H,14,16H2,(H,25,26). The highest BCUT2D eigenvalue weighted by molar-refractivity contribution is 7.99. The van der Waals surface area contributed by atoms with Crippen LogP contribution < -0.4 is 4.74 Å². The van der Waals surface area contributed by atoms with Crippen molar-refractivity contribution in [2.24, 2.45) is 0 Å². The zero-order chi connectivity index (χ0) is 19.8. The lowest BCUT2D eigenvalue weighted by atomic mass is 9.98. The van der Waals surface area contributed by atoms with Gasteiger partial charge >= 0.3 is 5.97 Å². The van der Waals surface area contributed by atoms with Crippen molar-refractivity contribution in [3.05, 3.63) is 102 Å². The predicted molar refractivity (Wildman–Crippen MR) is 110 cm³/mol. The quantitative estimate of drug-likeness (QED) is 0.512. The summed E-state index contributed by atoms with van der Waals surface area (Å²) >= 11 is 1.63. The van der Waals surface area contributed by atoms with Crippen molar-refractivity contribution < 1.29 is 19.0 Å². The molecule has 142 valence electrons. The van der Waals surface area contributed by atoms with Crippen molar-refractivity contribution in [3.63, 3.8) is 0 Å². The molecule has 0 aliphatic rings.